The number of urea groups is 1. The molecule has 1 saturated heterocycles. The van der Waals surface area contributed by atoms with Crippen molar-refractivity contribution in [3.63, 3.8) is 0 Å². The van der Waals surface area contributed by atoms with Gasteiger partial charge in [0.25, 0.3) is 0 Å². The molecule has 0 spiro atoms. The second-order valence-corrected chi connectivity index (χ2v) is 6.41. The minimum absolute atomic E-state index is 0.0175. The Balaban J connectivity index is 1.88. The van der Waals surface area contributed by atoms with Gasteiger partial charge in [-0.15, -0.1) is 0 Å². The van der Waals surface area contributed by atoms with Crippen LogP contribution in [0.1, 0.15) is 32.3 Å². The van der Waals surface area contributed by atoms with E-state index in [9.17, 15) is 9.59 Å². The molecule has 0 aliphatic carbocycles. The molecule has 1 aromatic rings. The van der Waals surface area contributed by atoms with E-state index >= 15 is 0 Å². The van der Waals surface area contributed by atoms with Crippen LogP contribution in [0, 0.1) is 0 Å². The van der Waals surface area contributed by atoms with Gasteiger partial charge in [0.2, 0.25) is 5.91 Å². The van der Waals surface area contributed by atoms with Crippen LogP contribution in [0.3, 0.4) is 0 Å². The molecule has 1 atom stereocenters. The van der Waals surface area contributed by atoms with Crippen molar-refractivity contribution < 1.29 is 9.59 Å². The number of hydrogen-bond acceptors (Lipinski definition) is 3. The lowest BCUT2D eigenvalue weighted by Crippen LogP contribution is -2.48. The van der Waals surface area contributed by atoms with E-state index in [2.05, 4.69) is 22.5 Å². The van der Waals surface area contributed by atoms with E-state index in [-0.39, 0.29) is 18.0 Å². The van der Waals surface area contributed by atoms with Gasteiger partial charge in [-0.05, 0) is 43.6 Å². The quantitative estimate of drug-likeness (QED) is 0.869. The molecule has 2 rings (SSSR count). The fraction of sp³-hybridized carbons (Fsp3) is 0.556. The number of amides is 3. The van der Waals surface area contributed by atoms with E-state index in [0.29, 0.717) is 6.54 Å². The summed E-state index contributed by atoms with van der Waals surface area (Å²) in [6, 6.07) is 7.62. The van der Waals surface area contributed by atoms with Crippen molar-refractivity contribution in [2.24, 2.45) is 0 Å². The predicted octanol–water partition coefficient (Wildman–Crippen LogP) is 2.27. The first kappa shape index (κ1) is 18.3. The third-order valence-electron chi connectivity index (χ3n) is 4.43. The number of nitrogens with one attached hydrogen (secondary N) is 2. The monoisotopic (exact) mass is 332 g/mol. The zero-order chi connectivity index (χ0) is 17.5. The fourth-order valence-corrected chi connectivity index (χ4v) is 2.95. The molecule has 132 valence electrons. The van der Waals surface area contributed by atoms with Crippen molar-refractivity contribution in [1.29, 1.82) is 0 Å². The van der Waals surface area contributed by atoms with E-state index in [1.54, 1.807) is 18.9 Å². The number of benzene rings is 1. The molecule has 1 fully saturated rings. The average Bonchev–Trinajstić information content (AvgIpc) is 2.55. The summed E-state index contributed by atoms with van der Waals surface area (Å²) >= 11 is 0. The second kappa shape index (κ2) is 8.68. The Morgan fingerprint density at radius 1 is 1.38 bits per heavy atom. The van der Waals surface area contributed by atoms with Crippen LogP contribution in [0.4, 0.5) is 10.5 Å². The van der Waals surface area contributed by atoms with Crippen molar-refractivity contribution in [2.45, 2.75) is 39.3 Å². The summed E-state index contributed by atoms with van der Waals surface area (Å²) in [5.41, 5.74) is 1.73. The van der Waals surface area contributed by atoms with Crippen LogP contribution in [0.2, 0.25) is 0 Å². The van der Waals surface area contributed by atoms with Crippen LogP contribution in [-0.2, 0) is 11.3 Å². The van der Waals surface area contributed by atoms with E-state index in [4.69, 9.17) is 0 Å². The zero-order valence-corrected chi connectivity index (χ0v) is 14.8. The minimum atomic E-state index is -0.171. The summed E-state index contributed by atoms with van der Waals surface area (Å²) in [4.78, 5) is 27.5. The van der Waals surface area contributed by atoms with Crippen molar-refractivity contribution >= 4 is 17.6 Å². The van der Waals surface area contributed by atoms with Crippen LogP contribution in [0.25, 0.3) is 0 Å². The topological polar surface area (TPSA) is 64.7 Å². The molecule has 0 bridgehead atoms. The van der Waals surface area contributed by atoms with Crippen LogP contribution in [0.15, 0.2) is 24.3 Å². The highest BCUT2D eigenvalue weighted by atomic mass is 16.2. The number of rotatable bonds is 5. The molecule has 0 aromatic heterocycles. The Labute approximate surface area is 144 Å². The number of carbonyl (C=O) groups excluding carboxylic acids is 2. The molecular formula is C18H28N4O2. The zero-order valence-electron chi connectivity index (χ0n) is 14.8. The number of hydrogen-bond donors (Lipinski definition) is 2. The molecule has 2 N–H and O–H groups in total. The first-order chi connectivity index (χ1) is 11.5. The van der Waals surface area contributed by atoms with Gasteiger partial charge >= 0.3 is 6.03 Å². The average molecular weight is 332 g/mol. The van der Waals surface area contributed by atoms with E-state index in [1.807, 2.05) is 24.3 Å². The molecule has 1 aliphatic rings. The van der Waals surface area contributed by atoms with Gasteiger partial charge in [0.05, 0.1) is 0 Å². The highest BCUT2D eigenvalue weighted by Gasteiger charge is 2.20. The minimum Gasteiger partial charge on any atom is -0.342 e. The normalized spacial score (nSPS) is 18.0. The smallest absolute Gasteiger partial charge is 0.319 e. The lowest BCUT2D eigenvalue weighted by molar-refractivity contribution is -0.128. The van der Waals surface area contributed by atoms with E-state index in [1.165, 1.54) is 0 Å². The lowest BCUT2D eigenvalue weighted by atomic mass is 10.1. The number of carbonyl (C=O) groups is 2. The highest BCUT2D eigenvalue weighted by Crippen LogP contribution is 2.13. The summed E-state index contributed by atoms with van der Waals surface area (Å²) < 4.78 is 0. The number of likely N-dealkylation sites (tertiary alicyclic amines) is 1. The predicted molar refractivity (Wildman–Crippen MR) is 95.9 cm³/mol. The summed E-state index contributed by atoms with van der Waals surface area (Å²) in [6.07, 6.45) is 2.14. The molecule has 0 saturated carbocycles. The van der Waals surface area contributed by atoms with Crippen molar-refractivity contribution in [1.82, 2.24) is 15.1 Å². The molecule has 6 heteroatoms. The third kappa shape index (κ3) is 5.53. The van der Waals surface area contributed by atoms with Gasteiger partial charge in [-0.1, -0.05) is 19.1 Å². The maximum atomic E-state index is 12.2. The largest absolute Gasteiger partial charge is 0.342 e. The summed E-state index contributed by atoms with van der Waals surface area (Å²) in [6.45, 7) is 7.26. The Hall–Kier alpha value is -2.08. The van der Waals surface area contributed by atoms with Gasteiger partial charge in [-0.25, -0.2) is 4.79 Å². The Morgan fingerprint density at radius 3 is 2.88 bits per heavy atom. The lowest BCUT2D eigenvalue weighted by Gasteiger charge is -2.32. The first-order valence-corrected chi connectivity index (χ1v) is 8.58. The van der Waals surface area contributed by atoms with Crippen molar-refractivity contribution in [2.75, 3.05) is 32.0 Å². The first-order valence-electron chi connectivity index (χ1n) is 8.58. The number of nitrogens with zero attached hydrogens (tertiary/aromatic N) is 2. The molecule has 0 radical (unpaired) electrons. The maximum Gasteiger partial charge on any atom is 0.319 e. The summed E-state index contributed by atoms with van der Waals surface area (Å²) in [5.74, 6) is 0.0175. The third-order valence-corrected chi connectivity index (χ3v) is 4.43. The fourth-order valence-electron chi connectivity index (χ4n) is 2.95. The molecule has 6 nitrogen and oxygen atoms in total. The SMILES string of the molecule is CCN1CCC[C@H](NC(=O)Nc2cccc(CN(C)C(C)=O)c2)C1. The van der Waals surface area contributed by atoms with Gasteiger partial charge in [0, 0.05) is 38.8 Å². The van der Waals surface area contributed by atoms with Crippen LogP contribution in [0.5, 0.6) is 0 Å². The van der Waals surface area contributed by atoms with Gasteiger partial charge in [0.1, 0.15) is 0 Å². The summed E-state index contributed by atoms with van der Waals surface area (Å²) in [5, 5.41) is 5.95. The summed E-state index contributed by atoms with van der Waals surface area (Å²) in [7, 11) is 1.76. The number of piperidine rings is 1. The standard InChI is InChI=1S/C18H28N4O2/c1-4-22-10-6-9-17(13-22)20-18(24)19-16-8-5-7-15(11-16)12-21(3)14(2)23/h5,7-8,11,17H,4,6,9-10,12-13H2,1-3H3,(H2,19,20,24)/t17-/m0/s1. The molecule has 1 aliphatic heterocycles. The van der Waals surface area contributed by atoms with E-state index < -0.39 is 0 Å². The van der Waals surface area contributed by atoms with Crippen LogP contribution >= 0.6 is 0 Å². The molecule has 1 heterocycles. The second-order valence-electron chi connectivity index (χ2n) is 6.41. The van der Waals surface area contributed by atoms with Gasteiger partial charge < -0.3 is 20.4 Å². The maximum absolute atomic E-state index is 12.2. The molecule has 3 amide bonds. The molecule has 24 heavy (non-hydrogen) atoms. The Kier molecular flexibility index (Phi) is 6.61. The Bertz CT molecular complexity index is 576. The van der Waals surface area contributed by atoms with Gasteiger partial charge in [0.15, 0.2) is 0 Å². The van der Waals surface area contributed by atoms with Crippen LogP contribution < -0.4 is 10.6 Å². The van der Waals surface area contributed by atoms with Gasteiger partial charge in [-0.2, -0.15) is 0 Å². The van der Waals surface area contributed by atoms with Crippen LogP contribution in [-0.4, -0.2) is 54.5 Å². The highest BCUT2D eigenvalue weighted by molar-refractivity contribution is 5.89. The number of anilines is 1. The molecule has 1 aromatic carbocycles. The molecule has 0 unspecified atom stereocenters. The molecular weight excluding hydrogens is 304 g/mol. The van der Waals surface area contributed by atoms with Crippen molar-refractivity contribution in [3.05, 3.63) is 29.8 Å². The number of likely N-dealkylation sites (N-methyl/N-ethyl adjacent to an activating group) is 1. The van der Waals surface area contributed by atoms with Gasteiger partial charge in [-0.3, -0.25) is 4.79 Å². The van der Waals surface area contributed by atoms with Crippen molar-refractivity contribution in [3.8, 4) is 0 Å². The van der Waals surface area contributed by atoms with E-state index in [0.717, 1.165) is 43.7 Å². The Morgan fingerprint density at radius 2 is 2.17 bits per heavy atom.